The third kappa shape index (κ3) is 4.06. The average molecular weight is 459 g/mol. The Morgan fingerprint density at radius 1 is 1.03 bits per heavy atom. The molecular formula is C23H21N7O4. The lowest BCUT2D eigenvalue weighted by atomic mass is 10.2. The molecule has 0 atom stereocenters. The number of nitrogens with one attached hydrogen (secondary N) is 2. The SMILES string of the molecule is COc1ccc(-c2nnc3ccc(OCCNC(=O)c4ccc5nc[nH]c5c4)nn23)cc1OC. The van der Waals surface area contributed by atoms with Gasteiger partial charge in [-0.1, -0.05) is 0 Å². The van der Waals surface area contributed by atoms with Crippen molar-refractivity contribution < 1.29 is 19.0 Å². The number of methoxy groups -OCH3 is 2. The minimum atomic E-state index is -0.196. The first-order valence-electron chi connectivity index (χ1n) is 10.5. The lowest BCUT2D eigenvalue weighted by molar-refractivity contribution is 0.0946. The summed E-state index contributed by atoms with van der Waals surface area (Å²) in [7, 11) is 3.15. The number of hydrogen-bond donors (Lipinski definition) is 2. The van der Waals surface area contributed by atoms with E-state index in [4.69, 9.17) is 14.2 Å². The van der Waals surface area contributed by atoms with Crippen molar-refractivity contribution in [2.24, 2.45) is 0 Å². The van der Waals surface area contributed by atoms with Crippen molar-refractivity contribution >= 4 is 22.6 Å². The van der Waals surface area contributed by atoms with E-state index in [0.717, 1.165) is 16.6 Å². The molecule has 5 aromatic rings. The van der Waals surface area contributed by atoms with E-state index >= 15 is 0 Å². The number of H-pyrrole nitrogens is 1. The molecule has 0 fully saturated rings. The van der Waals surface area contributed by atoms with E-state index in [1.807, 2.05) is 6.07 Å². The second-order valence-corrected chi connectivity index (χ2v) is 7.27. The number of benzene rings is 2. The van der Waals surface area contributed by atoms with E-state index in [9.17, 15) is 4.79 Å². The Morgan fingerprint density at radius 3 is 2.76 bits per heavy atom. The second-order valence-electron chi connectivity index (χ2n) is 7.27. The van der Waals surface area contributed by atoms with Crippen molar-refractivity contribution in [2.45, 2.75) is 0 Å². The summed E-state index contributed by atoms with van der Waals surface area (Å²) in [6, 6.07) is 14.2. The smallest absolute Gasteiger partial charge is 0.251 e. The fourth-order valence-electron chi connectivity index (χ4n) is 3.50. The molecule has 3 heterocycles. The van der Waals surface area contributed by atoms with Gasteiger partial charge in [0.15, 0.2) is 23.0 Å². The molecule has 0 aliphatic heterocycles. The van der Waals surface area contributed by atoms with Crippen molar-refractivity contribution in [1.29, 1.82) is 0 Å². The fourth-order valence-corrected chi connectivity index (χ4v) is 3.50. The van der Waals surface area contributed by atoms with Gasteiger partial charge in [0.05, 0.1) is 38.1 Å². The molecule has 1 amide bonds. The average Bonchev–Trinajstić information content (AvgIpc) is 3.52. The van der Waals surface area contributed by atoms with Gasteiger partial charge in [-0.25, -0.2) is 4.98 Å². The lowest BCUT2D eigenvalue weighted by Gasteiger charge is -2.09. The van der Waals surface area contributed by atoms with Gasteiger partial charge in [0.2, 0.25) is 5.88 Å². The number of amides is 1. The van der Waals surface area contributed by atoms with Crippen molar-refractivity contribution in [1.82, 2.24) is 35.1 Å². The Kier molecular flexibility index (Phi) is 5.65. The molecule has 11 heteroatoms. The second kappa shape index (κ2) is 9.06. The number of rotatable bonds is 8. The number of hydrogen-bond acceptors (Lipinski definition) is 8. The Labute approximate surface area is 193 Å². The number of nitrogens with zero attached hydrogens (tertiary/aromatic N) is 5. The van der Waals surface area contributed by atoms with Crippen LogP contribution in [0.4, 0.5) is 0 Å². The first-order chi connectivity index (χ1) is 16.7. The molecule has 0 spiro atoms. The standard InChI is InChI=1S/C23H21N7O4/c1-32-18-6-4-14(12-19(18)33-2)22-28-27-20-7-8-21(29-30(20)22)34-10-9-24-23(31)15-3-5-16-17(11-15)26-13-25-16/h3-8,11-13H,9-10H2,1-2H3,(H,24,31)(H,25,26). The zero-order chi connectivity index (χ0) is 23.5. The van der Waals surface area contributed by atoms with Crippen molar-refractivity contribution in [3.05, 3.63) is 60.4 Å². The lowest BCUT2D eigenvalue weighted by Crippen LogP contribution is -2.28. The first-order valence-corrected chi connectivity index (χ1v) is 10.5. The zero-order valence-corrected chi connectivity index (χ0v) is 18.5. The molecule has 0 radical (unpaired) electrons. The van der Waals surface area contributed by atoms with Crippen LogP contribution in [0.25, 0.3) is 28.1 Å². The van der Waals surface area contributed by atoms with Crippen molar-refractivity contribution in [2.75, 3.05) is 27.4 Å². The summed E-state index contributed by atoms with van der Waals surface area (Å²) < 4.78 is 18.0. The third-order valence-corrected chi connectivity index (χ3v) is 5.20. The summed E-state index contributed by atoms with van der Waals surface area (Å²) in [5, 5.41) is 15.7. The van der Waals surface area contributed by atoms with E-state index in [1.54, 1.807) is 67.5 Å². The minimum Gasteiger partial charge on any atom is -0.493 e. The van der Waals surface area contributed by atoms with Gasteiger partial charge in [0.1, 0.15) is 6.61 Å². The Hall–Kier alpha value is -4.67. The van der Waals surface area contributed by atoms with Gasteiger partial charge in [-0.15, -0.1) is 15.3 Å². The van der Waals surface area contributed by atoms with Crippen LogP contribution in [-0.2, 0) is 0 Å². The van der Waals surface area contributed by atoms with Gasteiger partial charge >= 0.3 is 0 Å². The molecule has 172 valence electrons. The Bertz CT molecular complexity index is 1480. The van der Waals surface area contributed by atoms with Crippen molar-refractivity contribution in [3.8, 4) is 28.8 Å². The summed E-state index contributed by atoms with van der Waals surface area (Å²) in [6.45, 7) is 0.550. The normalized spacial score (nSPS) is 11.0. The first kappa shape index (κ1) is 21.2. The largest absolute Gasteiger partial charge is 0.493 e. The highest BCUT2D eigenvalue weighted by molar-refractivity contribution is 5.97. The van der Waals surface area contributed by atoms with Crippen LogP contribution in [0.1, 0.15) is 10.4 Å². The van der Waals surface area contributed by atoms with Gasteiger partial charge in [-0.3, -0.25) is 4.79 Å². The summed E-state index contributed by atoms with van der Waals surface area (Å²) in [5.74, 6) is 1.90. The predicted molar refractivity (Wildman–Crippen MR) is 123 cm³/mol. The molecule has 0 unspecified atom stereocenters. The summed E-state index contributed by atoms with van der Waals surface area (Å²) in [4.78, 5) is 19.6. The van der Waals surface area contributed by atoms with Crippen LogP contribution >= 0.6 is 0 Å². The molecule has 11 nitrogen and oxygen atoms in total. The van der Waals surface area contributed by atoms with Gasteiger partial charge in [0.25, 0.3) is 5.91 Å². The maximum atomic E-state index is 12.4. The predicted octanol–water partition coefficient (Wildman–Crippen LogP) is 2.49. The third-order valence-electron chi connectivity index (χ3n) is 5.20. The van der Waals surface area contributed by atoms with Crippen LogP contribution in [-0.4, -0.2) is 63.1 Å². The zero-order valence-electron chi connectivity index (χ0n) is 18.5. The molecule has 0 aliphatic carbocycles. The topological polar surface area (TPSA) is 129 Å². The van der Waals surface area contributed by atoms with Gasteiger partial charge in [0, 0.05) is 17.2 Å². The Balaban J connectivity index is 1.25. The number of aromatic nitrogens is 6. The molecule has 2 N–H and O–H groups in total. The van der Waals surface area contributed by atoms with Crippen LogP contribution < -0.4 is 19.5 Å². The molecule has 2 aromatic carbocycles. The van der Waals surface area contributed by atoms with E-state index in [1.165, 1.54) is 0 Å². The van der Waals surface area contributed by atoms with Crippen LogP contribution in [0.15, 0.2) is 54.9 Å². The number of fused-ring (bicyclic) bond motifs is 2. The molecule has 5 rings (SSSR count). The van der Waals surface area contributed by atoms with Crippen LogP contribution in [0.3, 0.4) is 0 Å². The number of carbonyl (C=O) groups excluding carboxylic acids is 1. The Morgan fingerprint density at radius 2 is 1.91 bits per heavy atom. The number of imidazole rings is 1. The number of ether oxygens (including phenoxy) is 3. The minimum absolute atomic E-state index is 0.196. The number of carbonyl (C=O) groups is 1. The molecule has 34 heavy (non-hydrogen) atoms. The highest BCUT2D eigenvalue weighted by Crippen LogP contribution is 2.31. The summed E-state index contributed by atoms with van der Waals surface area (Å²) in [5.41, 5.74) is 3.49. The number of aromatic amines is 1. The van der Waals surface area contributed by atoms with E-state index in [2.05, 4.69) is 30.6 Å². The summed E-state index contributed by atoms with van der Waals surface area (Å²) in [6.07, 6.45) is 1.59. The van der Waals surface area contributed by atoms with Crippen LogP contribution in [0, 0.1) is 0 Å². The molecule has 0 saturated carbocycles. The fraction of sp³-hybridized carbons (Fsp3) is 0.174. The van der Waals surface area contributed by atoms with Crippen LogP contribution in [0.2, 0.25) is 0 Å². The maximum Gasteiger partial charge on any atom is 0.251 e. The van der Waals surface area contributed by atoms with Crippen molar-refractivity contribution in [3.63, 3.8) is 0 Å². The summed E-state index contributed by atoms with van der Waals surface area (Å²) >= 11 is 0. The van der Waals surface area contributed by atoms with Gasteiger partial charge < -0.3 is 24.5 Å². The maximum absolute atomic E-state index is 12.4. The quantitative estimate of drug-likeness (QED) is 0.339. The van der Waals surface area contributed by atoms with E-state index in [-0.39, 0.29) is 12.5 Å². The molecule has 3 aromatic heterocycles. The van der Waals surface area contributed by atoms with Crippen LogP contribution in [0.5, 0.6) is 17.4 Å². The van der Waals surface area contributed by atoms with E-state index in [0.29, 0.717) is 41.0 Å². The molecule has 0 bridgehead atoms. The van der Waals surface area contributed by atoms with E-state index < -0.39 is 0 Å². The van der Waals surface area contributed by atoms with Gasteiger partial charge in [-0.05, 0) is 42.5 Å². The monoisotopic (exact) mass is 459 g/mol. The highest BCUT2D eigenvalue weighted by atomic mass is 16.5. The molecular weight excluding hydrogens is 438 g/mol. The molecule has 0 aliphatic rings. The molecule has 0 saturated heterocycles. The van der Waals surface area contributed by atoms with Gasteiger partial charge in [-0.2, -0.15) is 4.52 Å². The highest BCUT2D eigenvalue weighted by Gasteiger charge is 2.14.